The maximum absolute atomic E-state index is 11.0. The number of rotatable bonds is 3. The van der Waals surface area contributed by atoms with Crippen LogP contribution in [0.3, 0.4) is 0 Å². The Hall–Kier alpha value is -1.55. The van der Waals surface area contributed by atoms with Crippen molar-refractivity contribution in [3.8, 4) is 5.75 Å². The minimum atomic E-state index is -0.725. The first-order valence-electron chi connectivity index (χ1n) is 5.80. The van der Waals surface area contributed by atoms with Gasteiger partial charge in [-0.3, -0.25) is 9.69 Å². The van der Waals surface area contributed by atoms with E-state index in [4.69, 9.17) is 5.11 Å². The second-order valence-electron chi connectivity index (χ2n) is 4.74. The quantitative estimate of drug-likeness (QED) is 0.834. The van der Waals surface area contributed by atoms with Crippen LogP contribution in [0.25, 0.3) is 0 Å². The number of carbonyl (C=O) groups is 1. The lowest BCUT2D eigenvalue weighted by Gasteiger charge is -2.15. The Morgan fingerprint density at radius 2 is 2.12 bits per heavy atom. The van der Waals surface area contributed by atoms with Crippen LogP contribution in [-0.4, -0.2) is 34.2 Å². The maximum Gasteiger partial charge on any atom is 0.308 e. The van der Waals surface area contributed by atoms with Crippen LogP contribution < -0.4 is 0 Å². The van der Waals surface area contributed by atoms with Gasteiger partial charge in [-0.25, -0.2) is 0 Å². The minimum absolute atomic E-state index is 0.165. The second kappa shape index (κ2) is 4.75. The average molecular weight is 235 g/mol. The summed E-state index contributed by atoms with van der Waals surface area (Å²) in [5.41, 5.74) is 0.853. The molecule has 0 amide bonds. The molecule has 0 saturated carbocycles. The normalized spacial score (nSPS) is 25.0. The Labute approximate surface area is 100 Å². The Kier molecular flexibility index (Phi) is 3.33. The van der Waals surface area contributed by atoms with Crippen LogP contribution in [0.1, 0.15) is 12.5 Å². The highest BCUT2D eigenvalue weighted by Gasteiger charge is 2.34. The first kappa shape index (κ1) is 11.9. The Balaban J connectivity index is 2.03. The molecule has 0 aromatic heterocycles. The fourth-order valence-corrected chi connectivity index (χ4v) is 2.40. The molecule has 1 saturated heterocycles. The molecule has 2 atom stereocenters. The zero-order valence-electron chi connectivity index (χ0n) is 9.84. The summed E-state index contributed by atoms with van der Waals surface area (Å²) < 4.78 is 0. The SMILES string of the molecule is C[C@@H]1CN(Cc2ccccc2O)C[C@H]1C(=O)O. The van der Waals surface area contributed by atoms with Gasteiger partial charge in [0.05, 0.1) is 5.92 Å². The van der Waals surface area contributed by atoms with Gasteiger partial charge < -0.3 is 10.2 Å². The van der Waals surface area contributed by atoms with Gasteiger partial charge in [0, 0.05) is 25.2 Å². The maximum atomic E-state index is 11.0. The highest BCUT2D eigenvalue weighted by molar-refractivity contribution is 5.71. The second-order valence-corrected chi connectivity index (χ2v) is 4.74. The van der Waals surface area contributed by atoms with Crippen molar-refractivity contribution in [1.82, 2.24) is 4.90 Å². The highest BCUT2D eigenvalue weighted by atomic mass is 16.4. The Morgan fingerprint density at radius 3 is 2.71 bits per heavy atom. The number of para-hydroxylation sites is 1. The summed E-state index contributed by atoms with van der Waals surface area (Å²) >= 11 is 0. The van der Waals surface area contributed by atoms with E-state index in [0.29, 0.717) is 13.1 Å². The van der Waals surface area contributed by atoms with Gasteiger partial charge in [-0.1, -0.05) is 25.1 Å². The van der Waals surface area contributed by atoms with Crippen LogP contribution in [-0.2, 0) is 11.3 Å². The molecule has 0 spiro atoms. The summed E-state index contributed by atoms with van der Waals surface area (Å²) in [4.78, 5) is 13.1. The zero-order valence-corrected chi connectivity index (χ0v) is 9.84. The van der Waals surface area contributed by atoms with Crippen molar-refractivity contribution in [3.05, 3.63) is 29.8 Å². The molecule has 1 aliphatic rings. The minimum Gasteiger partial charge on any atom is -0.508 e. The monoisotopic (exact) mass is 235 g/mol. The van der Waals surface area contributed by atoms with E-state index >= 15 is 0 Å². The molecule has 1 aromatic carbocycles. The van der Waals surface area contributed by atoms with Gasteiger partial charge in [-0.05, 0) is 12.0 Å². The molecular weight excluding hydrogens is 218 g/mol. The van der Waals surface area contributed by atoms with E-state index in [1.165, 1.54) is 0 Å². The first-order chi connectivity index (χ1) is 8.08. The number of aliphatic carboxylic acids is 1. The first-order valence-corrected chi connectivity index (χ1v) is 5.80. The summed E-state index contributed by atoms with van der Waals surface area (Å²) in [5.74, 6) is -0.574. The third kappa shape index (κ3) is 2.58. The van der Waals surface area contributed by atoms with E-state index in [1.54, 1.807) is 12.1 Å². The number of likely N-dealkylation sites (tertiary alicyclic amines) is 1. The van der Waals surface area contributed by atoms with Gasteiger partial charge >= 0.3 is 5.97 Å². The lowest BCUT2D eigenvalue weighted by atomic mass is 9.99. The standard InChI is InChI=1S/C13H17NO3/c1-9-6-14(8-11(9)13(16)17)7-10-4-2-3-5-12(10)15/h2-5,9,11,15H,6-8H2,1H3,(H,16,17)/t9-,11-/m1/s1. The van der Waals surface area contributed by atoms with Crippen molar-refractivity contribution in [2.45, 2.75) is 13.5 Å². The van der Waals surface area contributed by atoms with Gasteiger partial charge in [0.2, 0.25) is 0 Å². The topological polar surface area (TPSA) is 60.8 Å². The summed E-state index contributed by atoms with van der Waals surface area (Å²) in [6, 6.07) is 7.19. The van der Waals surface area contributed by atoms with Crippen LogP contribution in [0.4, 0.5) is 0 Å². The predicted octanol–water partition coefficient (Wildman–Crippen LogP) is 1.54. The molecule has 2 N–H and O–H groups in total. The van der Waals surface area contributed by atoms with Gasteiger partial charge in [0.25, 0.3) is 0 Å². The highest BCUT2D eigenvalue weighted by Crippen LogP contribution is 2.26. The molecule has 92 valence electrons. The Bertz CT molecular complexity index is 419. The lowest BCUT2D eigenvalue weighted by molar-refractivity contribution is -0.142. The average Bonchev–Trinajstić information content (AvgIpc) is 2.63. The van der Waals surface area contributed by atoms with E-state index in [2.05, 4.69) is 4.90 Å². The summed E-state index contributed by atoms with van der Waals surface area (Å²) in [7, 11) is 0. The van der Waals surface area contributed by atoms with E-state index in [9.17, 15) is 9.90 Å². The number of nitrogens with zero attached hydrogens (tertiary/aromatic N) is 1. The number of aromatic hydroxyl groups is 1. The van der Waals surface area contributed by atoms with Gasteiger partial charge in [-0.2, -0.15) is 0 Å². The van der Waals surface area contributed by atoms with Crippen LogP contribution in [0.15, 0.2) is 24.3 Å². The Morgan fingerprint density at radius 1 is 1.41 bits per heavy atom. The molecule has 4 heteroatoms. The van der Waals surface area contributed by atoms with E-state index in [1.807, 2.05) is 19.1 Å². The van der Waals surface area contributed by atoms with Crippen LogP contribution in [0.2, 0.25) is 0 Å². The number of hydrogen-bond donors (Lipinski definition) is 2. The molecule has 1 aromatic rings. The molecule has 0 aliphatic carbocycles. The van der Waals surface area contributed by atoms with Crippen molar-refractivity contribution >= 4 is 5.97 Å². The largest absolute Gasteiger partial charge is 0.508 e. The molecule has 2 rings (SSSR count). The lowest BCUT2D eigenvalue weighted by Crippen LogP contribution is -2.23. The molecule has 1 aliphatic heterocycles. The molecule has 4 nitrogen and oxygen atoms in total. The van der Waals surface area contributed by atoms with E-state index in [0.717, 1.165) is 12.1 Å². The van der Waals surface area contributed by atoms with Gasteiger partial charge in [0.1, 0.15) is 5.75 Å². The van der Waals surface area contributed by atoms with Crippen LogP contribution >= 0.6 is 0 Å². The summed E-state index contributed by atoms with van der Waals surface area (Å²) in [6.45, 7) is 3.90. The number of hydrogen-bond acceptors (Lipinski definition) is 3. The van der Waals surface area contributed by atoms with Crippen LogP contribution in [0, 0.1) is 11.8 Å². The summed E-state index contributed by atoms with van der Waals surface area (Å²) in [5, 5.41) is 18.7. The molecule has 0 bridgehead atoms. The predicted molar refractivity (Wildman–Crippen MR) is 63.7 cm³/mol. The smallest absolute Gasteiger partial charge is 0.308 e. The molecule has 0 radical (unpaired) electrons. The van der Waals surface area contributed by atoms with Crippen molar-refractivity contribution in [2.24, 2.45) is 11.8 Å². The van der Waals surface area contributed by atoms with Gasteiger partial charge in [-0.15, -0.1) is 0 Å². The van der Waals surface area contributed by atoms with Crippen LogP contribution in [0.5, 0.6) is 5.75 Å². The zero-order chi connectivity index (χ0) is 12.4. The third-order valence-electron chi connectivity index (χ3n) is 3.39. The fraction of sp³-hybridized carbons (Fsp3) is 0.462. The van der Waals surface area contributed by atoms with Crippen molar-refractivity contribution in [1.29, 1.82) is 0 Å². The van der Waals surface area contributed by atoms with Crippen molar-refractivity contribution in [2.75, 3.05) is 13.1 Å². The van der Waals surface area contributed by atoms with E-state index in [-0.39, 0.29) is 17.6 Å². The van der Waals surface area contributed by atoms with Crippen molar-refractivity contribution in [3.63, 3.8) is 0 Å². The molecule has 0 unspecified atom stereocenters. The number of phenols is 1. The number of carboxylic acid groups (broad SMARTS) is 1. The number of carboxylic acids is 1. The van der Waals surface area contributed by atoms with Gasteiger partial charge in [0.15, 0.2) is 0 Å². The fourth-order valence-electron chi connectivity index (χ4n) is 2.40. The molecule has 17 heavy (non-hydrogen) atoms. The molecule has 1 heterocycles. The van der Waals surface area contributed by atoms with E-state index < -0.39 is 5.97 Å². The molecular formula is C13H17NO3. The summed E-state index contributed by atoms with van der Waals surface area (Å²) in [6.07, 6.45) is 0. The number of benzene rings is 1. The number of phenolic OH excluding ortho intramolecular Hbond substituents is 1. The third-order valence-corrected chi connectivity index (χ3v) is 3.39. The molecule has 1 fully saturated rings. The van der Waals surface area contributed by atoms with Crippen molar-refractivity contribution < 1.29 is 15.0 Å².